The summed E-state index contributed by atoms with van der Waals surface area (Å²) >= 11 is 3.47. The summed E-state index contributed by atoms with van der Waals surface area (Å²) in [5.41, 5.74) is 2.53. The fourth-order valence-corrected chi connectivity index (χ4v) is 5.30. The topological polar surface area (TPSA) is 56.7 Å². The molecule has 0 saturated heterocycles. The van der Waals surface area contributed by atoms with Gasteiger partial charge in [-0.1, -0.05) is 49.9 Å². The zero-order valence-electron chi connectivity index (χ0n) is 17.1. The summed E-state index contributed by atoms with van der Waals surface area (Å²) in [6, 6.07) is 12.7. The second-order valence-corrected chi connectivity index (χ2v) is 10.0. The molecule has 5 nitrogen and oxygen atoms in total. The monoisotopic (exact) mass is 436 g/mol. The van der Waals surface area contributed by atoms with E-state index in [1.165, 1.54) is 28.8 Å². The van der Waals surface area contributed by atoms with Gasteiger partial charge in [0.1, 0.15) is 16.6 Å². The van der Waals surface area contributed by atoms with Crippen molar-refractivity contribution in [2.45, 2.75) is 56.0 Å². The Morgan fingerprint density at radius 2 is 2.00 bits per heavy atom. The Morgan fingerprint density at radius 3 is 2.70 bits per heavy atom. The van der Waals surface area contributed by atoms with Crippen LogP contribution in [0, 0.1) is 0 Å². The van der Waals surface area contributed by atoms with Gasteiger partial charge in [0.05, 0.1) is 12.8 Å². The van der Waals surface area contributed by atoms with Crippen LogP contribution in [0.15, 0.2) is 58.4 Å². The highest BCUT2D eigenvalue weighted by Crippen LogP contribution is 2.40. The van der Waals surface area contributed by atoms with Crippen LogP contribution < -0.4 is 0 Å². The molecule has 5 rings (SSSR count). The van der Waals surface area contributed by atoms with Gasteiger partial charge >= 0.3 is 0 Å². The highest BCUT2D eigenvalue weighted by Gasteiger charge is 2.30. The Bertz CT molecular complexity index is 1110. The van der Waals surface area contributed by atoms with Crippen LogP contribution in [-0.2, 0) is 12.3 Å². The van der Waals surface area contributed by atoms with Gasteiger partial charge in [-0.15, -0.1) is 21.5 Å². The van der Waals surface area contributed by atoms with E-state index in [-0.39, 0.29) is 0 Å². The number of rotatable bonds is 8. The third kappa shape index (κ3) is 4.23. The molecule has 1 saturated carbocycles. The van der Waals surface area contributed by atoms with Gasteiger partial charge in [0.15, 0.2) is 5.16 Å². The number of benzene rings is 1. The average Bonchev–Trinajstić information content (AvgIpc) is 3.14. The van der Waals surface area contributed by atoms with E-state index in [9.17, 15) is 0 Å². The van der Waals surface area contributed by atoms with Gasteiger partial charge in [-0.3, -0.25) is 4.57 Å². The van der Waals surface area contributed by atoms with Crippen LogP contribution in [0.25, 0.3) is 10.6 Å². The first-order valence-corrected chi connectivity index (χ1v) is 12.1. The first-order chi connectivity index (χ1) is 14.7. The molecule has 4 aromatic rings. The Morgan fingerprint density at radius 1 is 1.17 bits per heavy atom. The molecule has 3 heterocycles. The molecule has 0 amide bonds. The molecule has 1 fully saturated rings. The van der Waals surface area contributed by atoms with Crippen molar-refractivity contribution in [3.63, 3.8) is 0 Å². The third-order valence-electron chi connectivity index (χ3n) is 5.30. The van der Waals surface area contributed by atoms with Crippen molar-refractivity contribution in [3.05, 3.63) is 70.9 Å². The quantitative estimate of drug-likeness (QED) is 0.302. The van der Waals surface area contributed by atoms with Crippen LogP contribution in [0.3, 0.4) is 0 Å². The van der Waals surface area contributed by atoms with Crippen molar-refractivity contribution in [2.24, 2.45) is 0 Å². The molecule has 7 heteroatoms. The van der Waals surface area contributed by atoms with Crippen LogP contribution in [-0.4, -0.2) is 19.7 Å². The highest BCUT2D eigenvalue weighted by molar-refractivity contribution is 7.98. The molecule has 30 heavy (non-hydrogen) atoms. The summed E-state index contributed by atoms with van der Waals surface area (Å²) in [5, 5.41) is 11.0. The predicted octanol–water partition coefficient (Wildman–Crippen LogP) is 6.34. The second kappa shape index (κ2) is 8.40. The first kappa shape index (κ1) is 19.6. The van der Waals surface area contributed by atoms with Crippen LogP contribution in [0.1, 0.15) is 60.6 Å². The maximum Gasteiger partial charge on any atom is 0.192 e. The molecule has 1 aromatic carbocycles. The molecule has 0 aliphatic heterocycles. The fourth-order valence-electron chi connectivity index (χ4n) is 3.41. The van der Waals surface area contributed by atoms with Crippen LogP contribution >= 0.6 is 23.1 Å². The van der Waals surface area contributed by atoms with Gasteiger partial charge in [0.25, 0.3) is 0 Å². The number of thiazole rings is 1. The van der Waals surface area contributed by atoms with Crippen molar-refractivity contribution in [1.82, 2.24) is 19.7 Å². The molecule has 0 bridgehead atoms. The molecule has 3 aromatic heterocycles. The van der Waals surface area contributed by atoms with E-state index < -0.39 is 0 Å². The minimum atomic E-state index is 0.543. The third-order valence-corrected chi connectivity index (χ3v) is 7.55. The summed E-state index contributed by atoms with van der Waals surface area (Å²) in [6.07, 6.45) is 6.11. The lowest BCUT2D eigenvalue weighted by molar-refractivity contribution is 0.478. The largest absolute Gasteiger partial charge is 0.467 e. The van der Waals surface area contributed by atoms with E-state index in [2.05, 4.69) is 57.9 Å². The summed E-state index contributed by atoms with van der Waals surface area (Å²) in [7, 11) is 0. The SMILES string of the molecule is CC(C)c1ccc(-c2ncc(CSc3nnc(C4CC4)n3Cc3ccco3)s2)cc1. The van der Waals surface area contributed by atoms with E-state index in [4.69, 9.17) is 4.42 Å². The number of furan rings is 1. The lowest BCUT2D eigenvalue weighted by Crippen LogP contribution is -2.05. The minimum Gasteiger partial charge on any atom is -0.467 e. The first-order valence-electron chi connectivity index (χ1n) is 10.3. The maximum absolute atomic E-state index is 5.56. The van der Waals surface area contributed by atoms with E-state index in [0.717, 1.165) is 27.5 Å². The van der Waals surface area contributed by atoms with Crippen molar-refractivity contribution in [3.8, 4) is 10.6 Å². The Kier molecular flexibility index (Phi) is 5.48. The number of aromatic nitrogens is 4. The molecule has 0 spiro atoms. The molecule has 1 aliphatic rings. The Balaban J connectivity index is 1.30. The standard InChI is InChI=1S/C23H24N4OS2/c1-15(2)16-5-9-18(10-6-16)22-24-12-20(30-22)14-29-23-26-25-21(17-7-8-17)27(23)13-19-4-3-11-28-19/h3-6,9-12,15,17H,7-8,13-14H2,1-2H3. The van der Waals surface area contributed by atoms with E-state index in [1.807, 2.05) is 18.3 Å². The lowest BCUT2D eigenvalue weighted by Gasteiger charge is -2.07. The van der Waals surface area contributed by atoms with Gasteiger partial charge in [-0.25, -0.2) is 4.98 Å². The molecule has 0 unspecified atom stereocenters. The van der Waals surface area contributed by atoms with E-state index in [0.29, 0.717) is 18.4 Å². The normalized spacial score (nSPS) is 14.0. The maximum atomic E-state index is 5.56. The van der Waals surface area contributed by atoms with Gasteiger partial charge in [0.2, 0.25) is 0 Å². The van der Waals surface area contributed by atoms with E-state index >= 15 is 0 Å². The van der Waals surface area contributed by atoms with Gasteiger partial charge in [-0.2, -0.15) is 0 Å². The van der Waals surface area contributed by atoms with Crippen LogP contribution in [0.5, 0.6) is 0 Å². The van der Waals surface area contributed by atoms with Crippen molar-refractivity contribution in [1.29, 1.82) is 0 Å². The molecular weight excluding hydrogens is 412 g/mol. The zero-order valence-corrected chi connectivity index (χ0v) is 18.7. The van der Waals surface area contributed by atoms with Crippen molar-refractivity contribution in [2.75, 3.05) is 0 Å². The fraction of sp³-hybridized carbons (Fsp3) is 0.348. The molecule has 0 radical (unpaired) electrons. The average molecular weight is 437 g/mol. The Hall–Kier alpha value is -2.38. The minimum absolute atomic E-state index is 0.543. The lowest BCUT2D eigenvalue weighted by atomic mass is 10.0. The van der Waals surface area contributed by atoms with Gasteiger partial charge in [0, 0.05) is 28.3 Å². The summed E-state index contributed by atoms with van der Waals surface area (Å²) in [6.45, 7) is 5.12. The number of hydrogen-bond donors (Lipinski definition) is 0. The van der Waals surface area contributed by atoms with E-state index in [1.54, 1.807) is 29.4 Å². The van der Waals surface area contributed by atoms with Gasteiger partial charge in [-0.05, 0) is 36.5 Å². The Labute approximate surface area is 184 Å². The summed E-state index contributed by atoms with van der Waals surface area (Å²) < 4.78 is 7.78. The molecule has 154 valence electrons. The van der Waals surface area contributed by atoms with Crippen LogP contribution in [0.4, 0.5) is 0 Å². The number of hydrogen-bond acceptors (Lipinski definition) is 6. The number of thioether (sulfide) groups is 1. The van der Waals surface area contributed by atoms with Crippen molar-refractivity contribution >= 4 is 23.1 Å². The zero-order chi connectivity index (χ0) is 20.5. The molecule has 0 N–H and O–H groups in total. The summed E-state index contributed by atoms with van der Waals surface area (Å²) in [4.78, 5) is 5.89. The number of nitrogens with zero attached hydrogens (tertiary/aromatic N) is 4. The van der Waals surface area contributed by atoms with Crippen molar-refractivity contribution < 1.29 is 4.42 Å². The summed E-state index contributed by atoms with van der Waals surface area (Å²) in [5.74, 6) is 3.95. The van der Waals surface area contributed by atoms with Crippen LogP contribution in [0.2, 0.25) is 0 Å². The van der Waals surface area contributed by atoms with Gasteiger partial charge < -0.3 is 4.42 Å². The highest BCUT2D eigenvalue weighted by atomic mass is 32.2. The molecule has 1 aliphatic carbocycles. The molecular formula is C23H24N4OS2. The second-order valence-electron chi connectivity index (χ2n) is 7.98. The smallest absolute Gasteiger partial charge is 0.192 e. The molecule has 0 atom stereocenters. The predicted molar refractivity (Wildman–Crippen MR) is 121 cm³/mol.